The highest BCUT2D eigenvalue weighted by Gasteiger charge is 2.07. The van der Waals surface area contributed by atoms with E-state index in [2.05, 4.69) is 9.98 Å². The van der Waals surface area contributed by atoms with Gasteiger partial charge in [-0.1, -0.05) is 30.3 Å². The lowest BCUT2D eigenvalue weighted by Crippen LogP contribution is -1.86. The zero-order valence-corrected chi connectivity index (χ0v) is 8.84. The highest BCUT2D eigenvalue weighted by Crippen LogP contribution is 2.31. The van der Waals surface area contributed by atoms with Crippen LogP contribution >= 0.6 is 0 Å². The van der Waals surface area contributed by atoms with E-state index >= 15 is 0 Å². The summed E-state index contributed by atoms with van der Waals surface area (Å²) < 4.78 is 0. The molecule has 0 atom stereocenters. The number of aromatic nitrogens is 1. The summed E-state index contributed by atoms with van der Waals surface area (Å²) in [6.07, 6.45) is 4.88. The number of aliphatic imine (C=N–C) groups is 1. The minimum absolute atomic E-state index is 0.557. The smallest absolute Gasteiger partial charge is 0.240 e. The molecule has 0 saturated heterocycles. The van der Waals surface area contributed by atoms with Crippen LogP contribution in [0, 0.1) is 6.92 Å². The molecule has 1 heterocycles. The summed E-state index contributed by atoms with van der Waals surface area (Å²) >= 11 is 0. The standard InChI is InChI=1S/C13H10N2O/c1-10-7-14-8-12(15-9-16)13(10)11-5-3-2-4-6-11/h2-8H,1H3. The summed E-state index contributed by atoms with van der Waals surface area (Å²) in [5, 5.41) is 0. The van der Waals surface area contributed by atoms with Crippen molar-refractivity contribution in [3.63, 3.8) is 0 Å². The number of isocyanates is 1. The monoisotopic (exact) mass is 210 g/mol. The molecule has 0 bridgehead atoms. The molecule has 1 aromatic carbocycles. The maximum atomic E-state index is 10.3. The van der Waals surface area contributed by atoms with Crippen molar-refractivity contribution >= 4 is 11.8 Å². The number of benzene rings is 1. The van der Waals surface area contributed by atoms with E-state index in [4.69, 9.17) is 0 Å². The van der Waals surface area contributed by atoms with E-state index in [1.165, 1.54) is 0 Å². The van der Waals surface area contributed by atoms with Crippen molar-refractivity contribution in [3.05, 3.63) is 48.3 Å². The Kier molecular flexibility index (Phi) is 2.90. The first-order valence-electron chi connectivity index (χ1n) is 4.91. The molecule has 2 aromatic rings. The van der Waals surface area contributed by atoms with E-state index < -0.39 is 0 Å². The van der Waals surface area contributed by atoms with Crippen molar-refractivity contribution in [1.29, 1.82) is 0 Å². The molecule has 78 valence electrons. The summed E-state index contributed by atoms with van der Waals surface area (Å²) in [7, 11) is 0. The van der Waals surface area contributed by atoms with Gasteiger partial charge in [-0.3, -0.25) is 4.98 Å². The molecule has 3 heteroatoms. The number of hydrogen-bond acceptors (Lipinski definition) is 3. The van der Waals surface area contributed by atoms with Crippen LogP contribution in [0.2, 0.25) is 0 Å². The van der Waals surface area contributed by atoms with Gasteiger partial charge in [-0.25, -0.2) is 4.79 Å². The molecule has 0 N–H and O–H groups in total. The summed E-state index contributed by atoms with van der Waals surface area (Å²) in [5.74, 6) is 0. The lowest BCUT2D eigenvalue weighted by molar-refractivity contribution is 0.565. The summed E-state index contributed by atoms with van der Waals surface area (Å²) in [4.78, 5) is 18.0. The fourth-order valence-corrected chi connectivity index (χ4v) is 1.67. The van der Waals surface area contributed by atoms with E-state index in [1.54, 1.807) is 18.5 Å². The molecule has 0 aliphatic carbocycles. The van der Waals surface area contributed by atoms with Gasteiger partial charge in [-0.2, -0.15) is 4.99 Å². The van der Waals surface area contributed by atoms with Crippen LogP contribution in [0.5, 0.6) is 0 Å². The Labute approximate surface area is 93.5 Å². The maximum absolute atomic E-state index is 10.3. The Balaban J connectivity index is 2.68. The van der Waals surface area contributed by atoms with Crippen molar-refractivity contribution in [3.8, 4) is 11.1 Å². The second-order valence-corrected chi connectivity index (χ2v) is 3.42. The first-order chi connectivity index (χ1) is 7.83. The third kappa shape index (κ3) is 1.90. The first kappa shape index (κ1) is 10.3. The molecule has 0 amide bonds. The molecule has 0 radical (unpaired) electrons. The minimum atomic E-state index is 0.557. The Hall–Kier alpha value is -2.25. The average Bonchev–Trinajstić information content (AvgIpc) is 2.31. The van der Waals surface area contributed by atoms with Crippen LogP contribution in [0.25, 0.3) is 11.1 Å². The Bertz CT molecular complexity index is 543. The molecular weight excluding hydrogens is 200 g/mol. The normalized spacial score (nSPS) is 9.56. The lowest BCUT2D eigenvalue weighted by Gasteiger charge is -2.07. The second-order valence-electron chi connectivity index (χ2n) is 3.42. The van der Waals surface area contributed by atoms with Gasteiger partial charge in [-0.05, 0) is 18.1 Å². The largest absolute Gasteiger partial charge is 0.262 e. The number of aryl methyl sites for hydroxylation is 1. The summed E-state index contributed by atoms with van der Waals surface area (Å²) in [5.41, 5.74) is 3.50. The van der Waals surface area contributed by atoms with Gasteiger partial charge < -0.3 is 0 Å². The van der Waals surface area contributed by atoms with Gasteiger partial charge in [0.05, 0.1) is 6.20 Å². The van der Waals surface area contributed by atoms with E-state index in [1.807, 2.05) is 37.3 Å². The van der Waals surface area contributed by atoms with Crippen molar-refractivity contribution in [2.24, 2.45) is 4.99 Å². The maximum Gasteiger partial charge on any atom is 0.240 e. The fraction of sp³-hybridized carbons (Fsp3) is 0.0769. The van der Waals surface area contributed by atoms with Gasteiger partial charge in [0.1, 0.15) is 5.69 Å². The zero-order chi connectivity index (χ0) is 11.4. The van der Waals surface area contributed by atoms with Gasteiger partial charge in [0, 0.05) is 11.8 Å². The number of nitrogens with zero attached hydrogens (tertiary/aromatic N) is 2. The predicted molar refractivity (Wildman–Crippen MR) is 62.2 cm³/mol. The van der Waals surface area contributed by atoms with Gasteiger partial charge in [-0.15, -0.1) is 0 Å². The third-order valence-electron chi connectivity index (χ3n) is 2.34. The van der Waals surface area contributed by atoms with Gasteiger partial charge in [0.15, 0.2) is 0 Å². The lowest BCUT2D eigenvalue weighted by atomic mass is 10.0. The number of rotatable bonds is 2. The van der Waals surface area contributed by atoms with E-state index in [-0.39, 0.29) is 0 Å². The highest BCUT2D eigenvalue weighted by molar-refractivity contribution is 5.79. The van der Waals surface area contributed by atoms with E-state index in [9.17, 15) is 4.79 Å². The third-order valence-corrected chi connectivity index (χ3v) is 2.34. The van der Waals surface area contributed by atoms with Crippen LogP contribution < -0.4 is 0 Å². The van der Waals surface area contributed by atoms with Crippen LogP contribution in [0.1, 0.15) is 5.56 Å². The van der Waals surface area contributed by atoms with Crippen molar-refractivity contribution in [1.82, 2.24) is 4.98 Å². The second kappa shape index (κ2) is 4.51. The average molecular weight is 210 g/mol. The van der Waals surface area contributed by atoms with Crippen LogP contribution in [0.15, 0.2) is 47.7 Å². The van der Waals surface area contributed by atoms with Crippen LogP contribution in [0.3, 0.4) is 0 Å². The Morgan fingerprint density at radius 3 is 2.62 bits per heavy atom. The Morgan fingerprint density at radius 1 is 1.19 bits per heavy atom. The highest BCUT2D eigenvalue weighted by atomic mass is 16.1. The van der Waals surface area contributed by atoms with Gasteiger partial charge >= 0.3 is 0 Å². The molecule has 2 rings (SSSR count). The molecule has 3 nitrogen and oxygen atoms in total. The summed E-state index contributed by atoms with van der Waals surface area (Å²) in [6.45, 7) is 1.94. The van der Waals surface area contributed by atoms with E-state index in [0.29, 0.717) is 5.69 Å². The number of hydrogen-bond donors (Lipinski definition) is 0. The molecule has 0 unspecified atom stereocenters. The number of pyridine rings is 1. The molecule has 0 aliphatic heterocycles. The zero-order valence-electron chi connectivity index (χ0n) is 8.84. The molecule has 0 aliphatic rings. The Morgan fingerprint density at radius 2 is 1.94 bits per heavy atom. The molecule has 1 aromatic heterocycles. The molecular formula is C13H10N2O. The van der Waals surface area contributed by atoms with Crippen LogP contribution in [-0.2, 0) is 4.79 Å². The molecule has 0 fully saturated rings. The molecule has 0 spiro atoms. The minimum Gasteiger partial charge on any atom is -0.262 e. The first-order valence-corrected chi connectivity index (χ1v) is 4.91. The van der Waals surface area contributed by atoms with Crippen molar-refractivity contribution in [2.75, 3.05) is 0 Å². The van der Waals surface area contributed by atoms with E-state index in [0.717, 1.165) is 16.7 Å². The van der Waals surface area contributed by atoms with Crippen LogP contribution in [0.4, 0.5) is 5.69 Å². The van der Waals surface area contributed by atoms with Crippen LogP contribution in [-0.4, -0.2) is 11.1 Å². The molecule has 16 heavy (non-hydrogen) atoms. The molecule has 0 saturated carbocycles. The van der Waals surface area contributed by atoms with Gasteiger partial charge in [0.25, 0.3) is 0 Å². The SMILES string of the molecule is Cc1cncc(N=C=O)c1-c1ccccc1. The topological polar surface area (TPSA) is 42.3 Å². The predicted octanol–water partition coefficient (Wildman–Crippen LogP) is 3.02. The van der Waals surface area contributed by atoms with Gasteiger partial charge in [0.2, 0.25) is 6.08 Å². The summed E-state index contributed by atoms with van der Waals surface area (Å²) in [6, 6.07) is 9.80. The quantitative estimate of drug-likeness (QED) is 0.564. The van der Waals surface area contributed by atoms with Crippen molar-refractivity contribution < 1.29 is 4.79 Å². The van der Waals surface area contributed by atoms with Crippen molar-refractivity contribution in [2.45, 2.75) is 6.92 Å². The number of carbonyl (C=O) groups excluding carboxylic acids is 1. The fourth-order valence-electron chi connectivity index (χ4n) is 1.67.